The van der Waals surface area contributed by atoms with Crippen LogP contribution in [0, 0.1) is 51.7 Å². The van der Waals surface area contributed by atoms with Gasteiger partial charge in [0, 0.05) is 37.0 Å². The molecule has 0 saturated heterocycles. The summed E-state index contributed by atoms with van der Waals surface area (Å²) in [6.07, 6.45) is 3.35. The third kappa shape index (κ3) is 12.4. The molecule has 0 bridgehead atoms. The molecule has 0 fully saturated rings. The molecule has 0 atom stereocenters. The van der Waals surface area contributed by atoms with Gasteiger partial charge in [0.05, 0.1) is 16.8 Å². The molecule has 1 N–H and O–H groups in total. The second-order valence-corrected chi connectivity index (χ2v) is 14.5. The number of rotatable bonds is 7. The Kier molecular flexibility index (Phi) is 15.7. The summed E-state index contributed by atoms with van der Waals surface area (Å²) >= 11 is 0. The number of allylic oxidation sites excluding steroid dienone is 2. The Balaban J connectivity index is 0.000000234. The topological polar surface area (TPSA) is 63.1 Å². The number of aromatic nitrogens is 2. The maximum absolute atomic E-state index is 10.0. The van der Waals surface area contributed by atoms with Crippen LogP contribution >= 0.6 is 0 Å². The van der Waals surface area contributed by atoms with Crippen molar-refractivity contribution >= 4 is 27.6 Å². The molecule has 273 valence electrons. The van der Waals surface area contributed by atoms with E-state index in [1.807, 2.05) is 0 Å². The molecule has 4 aromatic carbocycles. The van der Waals surface area contributed by atoms with Crippen LogP contribution in [0.1, 0.15) is 74.9 Å². The molecule has 0 spiro atoms. The van der Waals surface area contributed by atoms with Crippen molar-refractivity contribution < 1.29 is 30.0 Å². The summed E-state index contributed by atoms with van der Waals surface area (Å²) in [6, 6.07) is 36.9. The largest absolute Gasteiger partial charge is 0.512 e. The number of aliphatic hydroxyl groups is 1. The molecule has 0 saturated carbocycles. The van der Waals surface area contributed by atoms with Gasteiger partial charge >= 0.3 is 0 Å². The van der Waals surface area contributed by atoms with Gasteiger partial charge in [0.1, 0.15) is 0 Å². The minimum Gasteiger partial charge on any atom is -0.512 e. The van der Waals surface area contributed by atoms with Crippen LogP contribution in [-0.2, 0) is 37.7 Å². The van der Waals surface area contributed by atoms with Crippen molar-refractivity contribution in [2.45, 2.75) is 82.1 Å². The first-order valence-electron chi connectivity index (χ1n) is 17.9. The Morgan fingerprint density at radius 2 is 1.06 bits per heavy atom. The van der Waals surface area contributed by atoms with E-state index in [-0.39, 0.29) is 31.6 Å². The fraction of sp³-hybridized carbons (Fsp3) is 0.298. The van der Waals surface area contributed by atoms with Crippen LogP contribution in [-0.4, -0.2) is 20.9 Å². The zero-order chi connectivity index (χ0) is 37.2. The zero-order valence-corrected chi connectivity index (χ0v) is 34.7. The van der Waals surface area contributed by atoms with E-state index in [1.54, 1.807) is 0 Å². The van der Waals surface area contributed by atoms with Gasteiger partial charge in [0.2, 0.25) is 0 Å². The van der Waals surface area contributed by atoms with E-state index in [1.165, 1.54) is 52.9 Å². The molecule has 2 heterocycles. The molecule has 0 aliphatic carbocycles. The van der Waals surface area contributed by atoms with E-state index >= 15 is 0 Å². The van der Waals surface area contributed by atoms with Crippen molar-refractivity contribution in [1.29, 1.82) is 0 Å². The molecule has 6 aromatic rings. The Bertz CT molecular complexity index is 1980. The number of ketones is 1. The molecule has 0 aliphatic heterocycles. The zero-order valence-electron chi connectivity index (χ0n) is 32.3. The van der Waals surface area contributed by atoms with Gasteiger partial charge in [-0.3, -0.25) is 14.8 Å². The molecule has 6 rings (SSSR count). The van der Waals surface area contributed by atoms with Crippen LogP contribution in [0.3, 0.4) is 0 Å². The standard InChI is InChI=1S/2C21H22N.C5H8O2.Ir/c2*1-14(2)10-17-6-5-7-21-19(17)8-9-20(22-21)18-12-15(3)11-16(4)13-18;1-4(6)3-5(2)7;/h2*5-9,11-12,14H,10H2,1-4H3;3,6H,1-2H3;/q2*-1;;. The van der Waals surface area contributed by atoms with Crippen LogP contribution in [0.5, 0.6) is 0 Å². The molecule has 4 nitrogen and oxygen atoms in total. The number of hydrogen-bond donors (Lipinski definition) is 1. The number of benzene rings is 4. The molecule has 0 amide bonds. The fourth-order valence-electron chi connectivity index (χ4n) is 6.33. The second-order valence-electron chi connectivity index (χ2n) is 14.5. The van der Waals surface area contributed by atoms with Gasteiger partial charge in [0.15, 0.2) is 5.78 Å². The molecule has 5 heteroatoms. The van der Waals surface area contributed by atoms with Crippen molar-refractivity contribution in [2.75, 3.05) is 0 Å². The van der Waals surface area contributed by atoms with E-state index in [4.69, 9.17) is 15.1 Å². The number of aliphatic hydroxyl groups excluding tert-OH is 1. The molecule has 0 unspecified atom stereocenters. The summed E-state index contributed by atoms with van der Waals surface area (Å²) in [4.78, 5) is 19.7. The van der Waals surface area contributed by atoms with Crippen molar-refractivity contribution in [3.8, 4) is 22.5 Å². The summed E-state index contributed by atoms with van der Waals surface area (Å²) < 4.78 is 0. The summed E-state index contributed by atoms with van der Waals surface area (Å²) in [5, 5.41) is 10.9. The fourth-order valence-corrected chi connectivity index (χ4v) is 6.33. The number of carbonyl (C=O) groups excluding carboxylic acids is 1. The van der Waals surface area contributed by atoms with Gasteiger partial charge in [-0.25, -0.2) is 0 Å². The number of aryl methyl sites for hydroxylation is 4. The summed E-state index contributed by atoms with van der Waals surface area (Å²) in [5.41, 5.74) is 13.9. The van der Waals surface area contributed by atoms with Gasteiger partial charge in [-0.15, -0.1) is 69.8 Å². The van der Waals surface area contributed by atoms with Crippen LogP contribution in [0.15, 0.2) is 96.8 Å². The maximum atomic E-state index is 10.0. The number of carbonyl (C=O) groups is 1. The Morgan fingerprint density at radius 1 is 0.654 bits per heavy atom. The summed E-state index contributed by atoms with van der Waals surface area (Å²) in [5.74, 6) is 1.24. The molecule has 2 aromatic heterocycles. The SMILES string of the molecule is CC(=O)C=C(C)O.Cc1[c-]c(-c2ccc3c(CC(C)C)cccc3n2)cc(C)c1.Cc1[c-]c(-c2ccc3c(CC(C)C)cccc3n2)cc(C)c1.[Ir]. The molecular formula is C47H52IrN2O2-2. The Labute approximate surface area is 324 Å². The van der Waals surface area contributed by atoms with E-state index < -0.39 is 0 Å². The van der Waals surface area contributed by atoms with Gasteiger partial charge in [-0.1, -0.05) is 104 Å². The van der Waals surface area contributed by atoms with Gasteiger partial charge < -0.3 is 5.11 Å². The average molecular weight is 869 g/mol. The predicted molar refractivity (Wildman–Crippen MR) is 215 cm³/mol. The minimum absolute atomic E-state index is 0. The average Bonchev–Trinajstić information content (AvgIpc) is 3.03. The Hall–Kier alpha value is -4.44. The normalized spacial score (nSPS) is 11.1. The number of nitrogens with zero attached hydrogens (tertiary/aromatic N) is 2. The van der Waals surface area contributed by atoms with E-state index in [0.717, 1.165) is 57.5 Å². The molecule has 1 radical (unpaired) electrons. The third-order valence-electron chi connectivity index (χ3n) is 8.16. The number of pyridine rings is 2. The smallest absolute Gasteiger partial charge is 0.155 e. The molecule has 0 aliphatic rings. The van der Waals surface area contributed by atoms with Crippen LogP contribution in [0.2, 0.25) is 0 Å². The van der Waals surface area contributed by atoms with Crippen LogP contribution in [0.4, 0.5) is 0 Å². The minimum atomic E-state index is -0.125. The van der Waals surface area contributed by atoms with E-state index in [2.05, 4.69) is 152 Å². The van der Waals surface area contributed by atoms with E-state index in [0.29, 0.717) is 11.8 Å². The molecular weight excluding hydrogens is 817 g/mol. The quantitative estimate of drug-likeness (QED) is 0.0986. The van der Waals surface area contributed by atoms with Crippen molar-refractivity contribution in [2.24, 2.45) is 11.8 Å². The maximum Gasteiger partial charge on any atom is 0.155 e. The first kappa shape index (κ1) is 42.0. The van der Waals surface area contributed by atoms with Crippen LogP contribution in [0.25, 0.3) is 44.3 Å². The first-order valence-corrected chi connectivity index (χ1v) is 17.9. The van der Waals surface area contributed by atoms with Crippen molar-refractivity contribution in [3.05, 3.63) is 142 Å². The van der Waals surface area contributed by atoms with Crippen LogP contribution < -0.4 is 0 Å². The van der Waals surface area contributed by atoms with Crippen molar-refractivity contribution in [3.63, 3.8) is 0 Å². The van der Waals surface area contributed by atoms with Gasteiger partial charge in [-0.2, -0.15) is 0 Å². The van der Waals surface area contributed by atoms with Crippen molar-refractivity contribution in [1.82, 2.24) is 9.97 Å². The van der Waals surface area contributed by atoms with Gasteiger partial charge in [-0.05, 0) is 73.2 Å². The summed E-state index contributed by atoms with van der Waals surface area (Å²) in [6.45, 7) is 20.3. The predicted octanol–water partition coefficient (Wildman–Crippen LogP) is 12.1. The Morgan fingerprint density at radius 3 is 1.37 bits per heavy atom. The van der Waals surface area contributed by atoms with E-state index in [9.17, 15) is 4.79 Å². The number of hydrogen-bond acceptors (Lipinski definition) is 4. The number of fused-ring (bicyclic) bond motifs is 2. The summed E-state index contributed by atoms with van der Waals surface area (Å²) in [7, 11) is 0. The van der Waals surface area contributed by atoms with Gasteiger partial charge in [0.25, 0.3) is 0 Å². The monoisotopic (exact) mass is 869 g/mol. The first-order chi connectivity index (χ1) is 24.2. The second kappa shape index (κ2) is 19.4. The third-order valence-corrected chi connectivity index (χ3v) is 8.16. The molecule has 52 heavy (non-hydrogen) atoms.